The molecule has 34 heavy (non-hydrogen) atoms. The molecule has 0 atom stereocenters. The number of hydrogen-bond acceptors (Lipinski definition) is 5. The molecule has 182 valence electrons. The fraction of sp³-hybridized carbons (Fsp3) is 0.519. The third kappa shape index (κ3) is 5.05. The first kappa shape index (κ1) is 23.1. The van der Waals surface area contributed by atoms with Gasteiger partial charge in [-0.2, -0.15) is 0 Å². The molecule has 5 rings (SSSR count). The predicted octanol–water partition coefficient (Wildman–Crippen LogP) is 5.54. The van der Waals surface area contributed by atoms with Crippen molar-refractivity contribution >= 4 is 11.7 Å². The molecule has 0 radical (unpaired) electrons. The molecular weight excluding hydrogens is 437 g/mol. The summed E-state index contributed by atoms with van der Waals surface area (Å²) in [4.78, 5) is 12.1. The third-order valence-corrected chi connectivity index (χ3v) is 7.09. The van der Waals surface area contributed by atoms with Crippen LogP contribution >= 0.6 is 0 Å². The summed E-state index contributed by atoms with van der Waals surface area (Å²) in [5, 5.41) is 13.2. The van der Waals surface area contributed by atoms with Gasteiger partial charge in [0, 0.05) is 37.3 Å². The van der Waals surface area contributed by atoms with Crippen LogP contribution in [0.15, 0.2) is 36.4 Å². The van der Waals surface area contributed by atoms with Crippen molar-refractivity contribution in [3.05, 3.63) is 47.8 Å². The van der Waals surface area contributed by atoms with Crippen molar-refractivity contribution in [1.82, 2.24) is 0 Å². The number of hydrogen-bond donors (Lipinski definition) is 2. The molecule has 2 N–H and O–H groups in total. The highest BCUT2D eigenvalue weighted by atomic mass is 19.1. The molecule has 2 aromatic carbocycles. The fourth-order valence-electron chi connectivity index (χ4n) is 4.88. The highest BCUT2D eigenvalue weighted by molar-refractivity contribution is 5.83. The second-order valence-corrected chi connectivity index (χ2v) is 9.65. The van der Waals surface area contributed by atoms with E-state index in [9.17, 15) is 9.90 Å². The molecule has 0 bridgehead atoms. The molecule has 0 unspecified atom stereocenters. The largest absolute Gasteiger partial charge is 0.487 e. The van der Waals surface area contributed by atoms with Gasteiger partial charge in [-0.1, -0.05) is 31.0 Å². The van der Waals surface area contributed by atoms with Crippen LogP contribution in [0.3, 0.4) is 0 Å². The van der Waals surface area contributed by atoms with Gasteiger partial charge in [-0.15, -0.1) is 0 Å². The highest BCUT2D eigenvalue weighted by Gasteiger charge is 2.40. The molecule has 2 saturated carbocycles. The SMILES string of the molecule is O=C(O)C1(Nc2ccc(-c3cccc(OC4CC4)c3F)c(COC3CCCC3)c2)CCOCC1. The van der Waals surface area contributed by atoms with Crippen molar-refractivity contribution in [3.8, 4) is 16.9 Å². The van der Waals surface area contributed by atoms with Gasteiger partial charge in [0.2, 0.25) is 0 Å². The molecular formula is C27H32FNO5. The summed E-state index contributed by atoms with van der Waals surface area (Å²) in [7, 11) is 0. The number of nitrogens with one attached hydrogen (secondary N) is 1. The number of anilines is 1. The van der Waals surface area contributed by atoms with Gasteiger partial charge in [-0.05, 0) is 55.0 Å². The molecule has 1 saturated heterocycles. The van der Waals surface area contributed by atoms with Crippen LogP contribution in [0, 0.1) is 5.82 Å². The van der Waals surface area contributed by atoms with Crippen LogP contribution in [0.5, 0.6) is 5.75 Å². The topological polar surface area (TPSA) is 77.0 Å². The van der Waals surface area contributed by atoms with Crippen molar-refractivity contribution in [2.45, 2.75) is 75.7 Å². The lowest BCUT2D eigenvalue weighted by molar-refractivity contribution is -0.145. The minimum atomic E-state index is -1.08. The third-order valence-electron chi connectivity index (χ3n) is 7.09. The van der Waals surface area contributed by atoms with Crippen LogP contribution < -0.4 is 10.1 Å². The molecule has 7 heteroatoms. The Balaban J connectivity index is 1.46. The minimum Gasteiger partial charge on any atom is -0.487 e. The molecule has 0 aromatic heterocycles. The van der Waals surface area contributed by atoms with Crippen LogP contribution in [0.4, 0.5) is 10.1 Å². The van der Waals surface area contributed by atoms with E-state index >= 15 is 4.39 Å². The smallest absolute Gasteiger partial charge is 0.329 e. The molecule has 3 aliphatic rings. The zero-order valence-electron chi connectivity index (χ0n) is 19.4. The summed E-state index contributed by atoms with van der Waals surface area (Å²) in [5.74, 6) is -0.986. The van der Waals surface area contributed by atoms with Gasteiger partial charge < -0.3 is 24.6 Å². The monoisotopic (exact) mass is 469 g/mol. The molecule has 1 aliphatic heterocycles. The standard InChI is InChI=1S/C27H32FNO5/c28-25-23(6-3-7-24(25)34-21-9-10-21)22-11-8-19(16-18(22)17-33-20-4-1-2-5-20)29-27(26(30)31)12-14-32-15-13-27/h3,6-8,11,16,20-21,29H,1-2,4-5,9-10,12-15,17H2,(H,30,31). The molecule has 0 spiro atoms. The quantitative estimate of drug-likeness (QED) is 0.502. The van der Waals surface area contributed by atoms with Gasteiger partial charge in [0.15, 0.2) is 11.6 Å². The predicted molar refractivity (Wildman–Crippen MR) is 127 cm³/mol. The first-order valence-electron chi connectivity index (χ1n) is 12.3. The van der Waals surface area contributed by atoms with Crippen LogP contribution in [-0.2, 0) is 20.9 Å². The molecule has 1 heterocycles. The Morgan fingerprint density at radius 3 is 2.53 bits per heavy atom. The van der Waals surface area contributed by atoms with Crippen molar-refractivity contribution in [3.63, 3.8) is 0 Å². The van der Waals surface area contributed by atoms with E-state index in [0.717, 1.165) is 49.7 Å². The summed E-state index contributed by atoms with van der Waals surface area (Å²) in [5.41, 5.74) is 1.63. The van der Waals surface area contributed by atoms with E-state index in [1.165, 1.54) is 0 Å². The van der Waals surface area contributed by atoms with E-state index in [1.54, 1.807) is 12.1 Å². The van der Waals surface area contributed by atoms with Gasteiger partial charge in [-0.25, -0.2) is 9.18 Å². The Hall–Kier alpha value is -2.64. The second kappa shape index (κ2) is 9.92. The Labute approximate surface area is 199 Å². The number of rotatable bonds is 9. The maximum absolute atomic E-state index is 15.4. The van der Waals surface area contributed by atoms with E-state index in [0.29, 0.717) is 43.9 Å². The number of aliphatic carboxylic acids is 1. The van der Waals surface area contributed by atoms with Crippen LogP contribution in [0.1, 0.15) is 56.9 Å². The average Bonchev–Trinajstić information content (AvgIpc) is 3.50. The summed E-state index contributed by atoms with van der Waals surface area (Å²) in [6.07, 6.45) is 7.40. The summed E-state index contributed by atoms with van der Waals surface area (Å²) >= 11 is 0. The first-order chi connectivity index (χ1) is 16.5. The lowest BCUT2D eigenvalue weighted by Crippen LogP contribution is -2.50. The zero-order chi connectivity index (χ0) is 23.5. The van der Waals surface area contributed by atoms with E-state index in [4.69, 9.17) is 14.2 Å². The van der Waals surface area contributed by atoms with Crippen molar-refractivity contribution in [2.24, 2.45) is 0 Å². The number of carboxylic acids is 1. The van der Waals surface area contributed by atoms with E-state index in [1.807, 2.05) is 24.3 Å². The number of halogens is 1. The van der Waals surface area contributed by atoms with Crippen LogP contribution in [-0.4, -0.2) is 42.0 Å². The van der Waals surface area contributed by atoms with E-state index < -0.39 is 11.5 Å². The summed E-state index contributed by atoms with van der Waals surface area (Å²) < 4.78 is 32.8. The highest BCUT2D eigenvalue weighted by Crippen LogP contribution is 2.37. The Morgan fingerprint density at radius 2 is 1.82 bits per heavy atom. The van der Waals surface area contributed by atoms with Gasteiger partial charge in [-0.3, -0.25) is 0 Å². The molecule has 2 aliphatic carbocycles. The summed E-state index contributed by atoms with van der Waals surface area (Å²) in [6.45, 7) is 1.13. The lowest BCUT2D eigenvalue weighted by Gasteiger charge is -2.35. The Kier molecular flexibility index (Phi) is 6.75. The Bertz CT molecular complexity index is 1030. The Morgan fingerprint density at radius 1 is 1.06 bits per heavy atom. The second-order valence-electron chi connectivity index (χ2n) is 9.65. The molecule has 2 aromatic rings. The van der Waals surface area contributed by atoms with Crippen molar-refractivity contribution in [2.75, 3.05) is 18.5 Å². The van der Waals surface area contributed by atoms with Crippen molar-refractivity contribution < 1.29 is 28.5 Å². The van der Waals surface area contributed by atoms with Crippen LogP contribution in [0.2, 0.25) is 0 Å². The number of carbonyl (C=O) groups is 1. The maximum Gasteiger partial charge on any atom is 0.329 e. The average molecular weight is 470 g/mol. The lowest BCUT2D eigenvalue weighted by atomic mass is 9.89. The van der Waals surface area contributed by atoms with Gasteiger partial charge in [0.1, 0.15) is 5.54 Å². The fourth-order valence-corrected chi connectivity index (χ4v) is 4.88. The number of carboxylic acid groups (broad SMARTS) is 1. The normalized spacial score (nSPS) is 20.3. The number of ether oxygens (including phenoxy) is 3. The first-order valence-corrected chi connectivity index (χ1v) is 12.3. The zero-order valence-corrected chi connectivity index (χ0v) is 19.4. The maximum atomic E-state index is 15.4. The van der Waals surface area contributed by atoms with E-state index in [-0.39, 0.29) is 23.8 Å². The molecule has 3 fully saturated rings. The minimum absolute atomic E-state index is 0.105. The molecule has 0 amide bonds. The van der Waals surface area contributed by atoms with Gasteiger partial charge in [0.05, 0.1) is 18.8 Å². The van der Waals surface area contributed by atoms with E-state index in [2.05, 4.69) is 5.32 Å². The van der Waals surface area contributed by atoms with Crippen LogP contribution in [0.25, 0.3) is 11.1 Å². The van der Waals surface area contributed by atoms with Crippen molar-refractivity contribution in [1.29, 1.82) is 0 Å². The molecule has 6 nitrogen and oxygen atoms in total. The van der Waals surface area contributed by atoms with Gasteiger partial charge >= 0.3 is 5.97 Å². The summed E-state index contributed by atoms with van der Waals surface area (Å²) in [6, 6.07) is 10.8. The number of benzene rings is 2. The van der Waals surface area contributed by atoms with Gasteiger partial charge in [0.25, 0.3) is 0 Å².